The topological polar surface area (TPSA) is 74.7 Å². The molecule has 21 heavy (non-hydrogen) atoms. The van der Waals surface area contributed by atoms with E-state index >= 15 is 0 Å². The van der Waals surface area contributed by atoms with Gasteiger partial charge in [-0.15, -0.1) is 0 Å². The zero-order valence-corrected chi connectivity index (χ0v) is 11.4. The Kier molecular flexibility index (Phi) is 2.49. The van der Waals surface area contributed by atoms with Crippen molar-refractivity contribution >= 4 is 23.5 Å². The van der Waals surface area contributed by atoms with E-state index in [0.29, 0.717) is 17.5 Å². The maximum absolute atomic E-state index is 12.6. The van der Waals surface area contributed by atoms with Gasteiger partial charge in [-0.25, -0.2) is 4.79 Å². The van der Waals surface area contributed by atoms with Crippen LogP contribution in [0, 0.1) is 23.7 Å². The molecule has 2 aliphatic carbocycles. The third kappa shape index (κ3) is 1.60. The normalized spacial score (nSPS) is 33.6. The van der Waals surface area contributed by atoms with Crippen LogP contribution in [0.3, 0.4) is 0 Å². The zero-order chi connectivity index (χ0) is 14.7. The van der Waals surface area contributed by atoms with Gasteiger partial charge in [-0.2, -0.15) is 0 Å². The number of carbonyl (C=O) groups excluding carboxylic acids is 2. The fourth-order valence-electron chi connectivity index (χ4n) is 4.44. The first-order valence-corrected chi connectivity index (χ1v) is 7.29. The number of aromatic carboxylic acids is 1. The summed E-state index contributed by atoms with van der Waals surface area (Å²) in [5, 5.41) is 9.05. The van der Waals surface area contributed by atoms with Crippen LogP contribution in [0.1, 0.15) is 29.6 Å². The van der Waals surface area contributed by atoms with E-state index in [4.69, 9.17) is 5.11 Å². The van der Waals surface area contributed by atoms with Crippen LogP contribution in [0.4, 0.5) is 5.69 Å². The van der Waals surface area contributed by atoms with Crippen molar-refractivity contribution in [1.82, 2.24) is 0 Å². The van der Waals surface area contributed by atoms with Crippen LogP contribution in [-0.2, 0) is 9.59 Å². The molecule has 3 aliphatic rings. The number of carboxylic acids is 1. The maximum Gasteiger partial charge on any atom is 0.335 e. The van der Waals surface area contributed by atoms with Crippen LogP contribution in [-0.4, -0.2) is 22.9 Å². The third-order valence-electron chi connectivity index (χ3n) is 5.28. The molecule has 2 saturated carbocycles. The molecule has 0 radical (unpaired) electrons. The van der Waals surface area contributed by atoms with Crippen LogP contribution in [0.2, 0.25) is 0 Å². The molecule has 2 amide bonds. The maximum atomic E-state index is 12.6. The van der Waals surface area contributed by atoms with Gasteiger partial charge in [0.15, 0.2) is 0 Å². The van der Waals surface area contributed by atoms with Crippen molar-refractivity contribution in [3.05, 3.63) is 29.8 Å². The van der Waals surface area contributed by atoms with Gasteiger partial charge in [0, 0.05) is 0 Å². The lowest BCUT2D eigenvalue weighted by molar-refractivity contribution is -0.123. The van der Waals surface area contributed by atoms with Crippen LogP contribution >= 0.6 is 0 Å². The van der Waals surface area contributed by atoms with Crippen LogP contribution < -0.4 is 4.90 Å². The van der Waals surface area contributed by atoms with Gasteiger partial charge in [0.2, 0.25) is 11.8 Å². The highest BCUT2D eigenvalue weighted by molar-refractivity contribution is 6.22. The fourth-order valence-corrected chi connectivity index (χ4v) is 4.44. The summed E-state index contributed by atoms with van der Waals surface area (Å²) in [4.78, 5) is 37.5. The van der Waals surface area contributed by atoms with Crippen molar-refractivity contribution in [3.63, 3.8) is 0 Å². The molecule has 1 N–H and O–H groups in total. The number of fused-ring (bicyclic) bond motifs is 5. The molecule has 1 heterocycles. The smallest absolute Gasteiger partial charge is 0.335 e. The van der Waals surface area contributed by atoms with Crippen LogP contribution in [0.25, 0.3) is 0 Å². The van der Waals surface area contributed by atoms with E-state index in [1.54, 1.807) is 12.1 Å². The quantitative estimate of drug-likeness (QED) is 0.842. The van der Waals surface area contributed by atoms with Gasteiger partial charge in [0.1, 0.15) is 0 Å². The second-order valence-electron chi connectivity index (χ2n) is 6.25. The number of anilines is 1. The minimum Gasteiger partial charge on any atom is -0.478 e. The predicted molar refractivity (Wildman–Crippen MR) is 73.7 cm³/mol. The number of carboxylic acid groups (broad SMARTS) is 1. The molecular formula is C16H15NO4. The first-order chi connectivity index (χ1) is 10.1. The van der Waals surface area contributed by atoms with Crippen molar-refractivity contribution in [2.75, 3.05) is 4.90 Å². The van der Waals surface area contributed by atoms with Gasteiger partial charge >= 0.3 is 5.97 Å². The van der Waals surface area contributed by atoms with E-state index in [2.05, 4.69) is 0 Å². The molecule has 1 aliphatic heterocycles. The zero-order valence-electron chi connectivity index (χ0n) is 11.4. The lowest BCUT2D eigenvalue weighted by Crippen LogP contribution is -2.32. The lowest BCUT2D eigenvalue weighted by Gasteiger charge is -2.19. The molecule has 1 saturated heterocycles. The molecular weight excluding hydrogens is 270 g/mol. The summed E-state index contributed by atoms with van der Waals surface area (Å²) in [5.41, 5.74) is 0.479. The highest BCUT2D eigenvalue weighted by Gasteiger charge is 2.61. The monoisotopic (exact) mass is 285 g/mol. The van der Waals surface area contributed by atoms with Gasteiger partial charge in [0.05, 0.1) is 23.1 Å². The van der Waals surface area contributed by atoms with E-state index in [0.717, 1.165) is 19.3 Å². The van der Waals surface area contributed by atoms with E-state index in [1.807, 2.05) is 0 Å². The summed E-state index contributed by atoms with van der Waals surface area (Å²) < 4.78 is 0. The lowest BCUT2D eigenvalue weighted by atomic mass is 9.81. The summed E-state index contributed by atoms with van der Waals surface area (Å²) in [6.07, 6.45) is 3.07. The van der Waals surface area contributed by atoms with E-state index in [-0.39, 0.29) is 29.2 Å². The third-order valence-corrected chi connectivity index (χ3v) is 5.28. The van der Waals surface area contributed by atoms with Crippen molar-refractivity contribution in [2.24, 2.45) is 23.7 Å². The first kappa shape index (κ1) is 12.6. The van der Waals surface area contributed by atoms with E-state index in [9.17, 15) is 14.4 Å². The average molecular weight is 285 g/mol. The van der Waals surface area contributed by atoms with Crippen molar-refractivity contribution in [1.29, 1.82) is 0 Å². The number of benzene rings is 1. The van der Waals surface area contributed by atoms with Crippen LogP contribution in [0.15, 0.2) is 24.3 Å². The number of hydrogen-bond acceptors (Lipinski definition) is 3. The molecule has 1 aromatic carbocycles. The summed E-state index contributed by atoms with van der Waals surface area (Å²) >= 11 is 0. The van der Waals surface area contributed by atoms with Gasteiger partial charge in [-0.05, 0) is 49.3 Å². The second kappa shape index (κ2) is 4.16. The summed E-state index contributed by atoms with van der Waals surface area (Å²) in [5.74, 6) is -1.02. The Morgan fingerprint density at radius 3 is 2.29 bits per heavy atom. The highest BCUT2D eigenvalue weighted by Crippen LogP contribution is 2.56. The van der Waals surface area contributed by atoms with Gasteiger partial charge < -0.3 is 5.11 Å². The molecule has 4 atom stereocenters. The SMILES string of the molecule is O=C(O)c1cccc(N2C(=O)[C@H]3[C@H]4CC[C@@H](C4)[C@@H]3C2=O)c1. The number of rotatable bonds is 2. The molecule has 5 nitrogen and oxygen atoms in total. The Bertz CT molecular complexity index is 640. The van der Waals surface area contributed by atoms with Crippen LogP contribution in [0.5, 0.6) is 0 Å². The highest BCUT2D eigenvalue weighted by atomic mass is 16.4. The Balaban J connectivity index is 1.73. The summed E-state index contributed by atoms with van der Waals surface area (Å²) in [7, 11) is 0. The van der Waals surface area contributed by atoms with E-state index in [1.165, 1.54) is 17.0 Å². The number of imide groups is 1. The van der Waals surface area contributed by atoms with Crippen molar-refractivity contribution in [3.8, 4) is 0 Å². The Hall–Kier alpha value is -2.17. The molecule has 1 aromatic rings. The number of carbonyl (C=O) groups is 3. The number of nitrogens with zero attached hydrogens (tertiary/aromatic N) is 1. The summed E-state index contributed by atoms with van der Waals surface area (Å²) in [6.45, 7) is 0. The second-order valence-corrected chi connectivity index (χ2v) is 6.25. The molecule has 4 rings (SSSR count). The minimum absolute atomic E-state index is 0.0909. The largest absolute Gasteiger partial charge is 0.478 e. The predicted octanol–water partition coefficient (Wildman–Crippen LogP) is 1.92. The molecule has 0 aromatic heterocycles. The Morgan fingerprint density at radius 1 is 1.10 bits per heavy atom. The van der Waals surface area contributed by atoms with Gasteiger partial charge in [-0.1, -0.05) is 6.07 Å². The summed E-state index contributed by atoms with van der Waals surface area (Å²) in [6, 6.07) is 6.07. The van der Waals surface area contributed by atoms with Gasteiger partial charge in [0.25, 0.3) is 0 Å². The Labute approximate surface area is 121 Å². The van der Waals surface area contributed by atoms with Crippen molar-refractivity contribution in [2.45, 2.75) is 19.3 Å². The van der Waals surface area contributed by atoms with E-state index < -0.39 is 5.97 Å². The van der Waals surface area contributed by atoms with Gasteiger partial charge in [-0.3, -0.25) is 14.5 Å². The number of amides is 2. The molecule has 3 fully saturated rings. The average Bonchev–Trinajstić information content (AvgIpc) is 3.13. The Morgan fingerprint density at radius 2 is 1.71 bits per heavy atom. The molecule has 108 valence electrons. The molecule has 0 unspecified atom stereocenters. The number of hydrogen-bond donors (Lipinski definition) is 1. The standard InChI is InChI=1S/C16H15NO4/c18-14-12-8-4-5-9(6-8)13(12)15(19)17(14)11-3-1-2-10(7-11)16(20)21/h1-3,7-9,12-13H,4-6H2,(H,20,21)/t8-,9-,12-,13-/m0/s1. The first-order valence-electron chi connectivity index (χ1n) is 7.29. The molecule has 5 heteroatoms. The minimum atomic E-state index is -1.06. The fraction of sp³-hybridized carbons (Fsp3) is 0.438. The molecule has 2 bridgehead atoms. The molecule has 0 spiro atoms. The van der Waals surface area contributed by atoms with Crippen molar-refractivity contribution < 1.29 is 19.5 Å².